The molecule has 2 unspecified atom stereocenters. The average molecular weight is 272 g/mol. The molecule has 1 aliphatic rings. The number of rotatable bonds is 5. The Morgan fingerprint density at radius 1 is 1.56 bits per heavy atom. The molecule has 0 aromatic heterocycles. The summed E-state index contributed by atoms with van der Waals surface area (Å²) < 4.78 is 0. The highest BCUT2D eigenvalue weighted by Crippen LogP contribution is 2.23. The molecule has 1 fully saturated rings. The molecule has 104 valence electrons. The second-order valence-corrected chi connectivity index (χ2v) is 5.90. The van der Waals surface area contributed by atoms with E-state index in [1.54, 1.807) is 0 Å². The van der Waals surface area contributed by atoms with Crippen molar-refractivity contribution >= 4 is 23.1 Å². The maximum absolute atomic E-state index is 12.4. The summed E-state index contributed by atoms with van der Waals surface area (Å²) in [5, 5.41) is 8.98. The molecule has 18 heavy (non-hydrogen) atoms. The smallest absolute Gasteiger partial charge is 0.232 e. The minimum absolute atomic E-state index is 0.0557. The van der Waals surface area contributed by atoms with E-state index in [1.165, 1.54) is 0 Å². The van der Waals surface area contributed by atoms with E-state index in [4.69, 9.17) is 23.1 Å². The van der Waals surface area contributed by atoms with E-state index in [9.17, 15) is 4.79 Å². The van der Waals surface area contributed by atoms with Crippen molar-refractivity contribution in [2.45, 2.75) is 33.1 Å². The number of thiocarbonyl (C=S) groups is 1. The molecule has 1 aliphatic heterocycles. The van der Waals surface area contributed by atoms with Gasteiger partial charge in [-0.25, -0.2) is 0 Å². The molecule has 0 aromatic carbocycles. The second kappa shape index (κ2) is 7.04. The SMILES string of the molecule is CC(C)C(C(=O)N1CCCC(CCO)C1)C(N)=S. The molecular weight excluding hydrogens is 248 g/mol. The second-order valence-electron chi connectivity index (χ2n) is 5.43. The molecule has 0 aliphatic carbocycles. The Morgan fingerprint density at radius 3 is 2.72 bits per heavy atom. The Hall–Kier alpha value is -0.680. The number of carbonyl (C=O) groups is 1. The molecule has 0 radical (unpaired) electrons. The summed E-state index contributed by atoms with van der Waals surface area (Å²) in [5.74, 6) is 0.244. The number of carbonyl (C=O) groups excluding carboxylic acids is 1. The van der Waals surface area contributed by atoms with Gasteiger partial charge in [-0.1, -0.05) is 26.1 Å². The standard InChI is InChI=1S/C13H24N2O2S/c1-9(2)11(12(14)18)13(17)15-6-3-4-10(8-15)5-7-16/h9-11,16H,3-8H2,1-2H3,(H2,14,18). The van der Waals surface area contributed by atoms with Crippen LogP contribution in [0.15, 0.2) is 0 Å². The maximum atomic E-state index is 12.4. The first-order chi connectivity index (χ1) is 8.47. The molecule has 0 aromatic rings. The fraction of sp³-hybridized carbons (Fsp3) is 0.846. The lowest BCUT2D eigenvalue weighted by atomic mass is 9.90. The normalized spacial score (nSPS) is 22.0. The van der Waals surface area contributed by atoms with Gasteiger partial charge in [0.05, 0.1) is 10.9 Å². The van der Waals surface area contributed by atoms with E-state index < -0.39 is 0 Å². The van der Waals surface area contributed by atoms with Crippen LogP contribution in [0.4, 0.5) is 0 Å². The summed E-state index contributed by atoms with van der Waals surface area (Å²) in [6, 6.07) is 0. The average Bonchev–Trinajstić information content (AvgIpc) is 2.28. The number of likely N-dealkylation sites (tertiary alicyclic amines) is 1. The third-order valence-corrected chi connectivity index (χ3v) is 3.86. The molecule has 1 amide bonds. The van der Waals surface area contributed by atoms with Crippen molar-refractivity contribution in [1.82, 2.24) is 4.90 Å². The molecule has 2 atom stereocenters. The lowest BCUT2D eigenvalue weighted by Gasteiger charge is -2.35. The lowest BCUT2D eigenvalue weighted by molar-refractivity contribution is -0.136. The van der Waals surface area contributed by atoms with Crippen molar-refractivity contribution in [2.24, 2.45) is 23.5 Å². The van der Waals surface area contributed by atoms with Crippen molar-refractivity contribution in [3.05, 3.63) is 0 Å². The Labute approximate surface area is 115 Å². The number of hydrogen-bond donors (Lipinski definition) is 2. The number of hydrogen-bond acceptors (Lipinski definition) is 3. The summed E-state index contributed by atoms with van der Waals surface area (Å²) >= 11 is 5.01. The Kier molecular flexibility index (Phi) is 6.02. The van der Waals surface area contributed by atoms with Gasteiger partial charge in [0.25, 0.3) is 0 Å². The number of aliphatic hydroxyl groups excluding tert-OH is 1. The Bertz CT molecular complexity index is 305. The van der Waals surface area contributed by atoms with Gasteiger partial charge in [0.15, 0.2) is 0 Å². The van der Waals surface area contributed by atoms with Gasteiger partial charge < -0.3 is 15.7 Å². The molecule has 1 rings (SSSR count). The van der Waals surface area contributed by atoms with Gasteiger partial charge in [-0.05, 0) is 31.1 Å². The number of piperidine rings is 1. The van der Waals surface area contributed by atoms with Gasteiger partial charge in [-0.2, -0.15) is 0 Å². The van der Waals surface area contributed by atoms with Crippen LogP contribution in [0, 0.1) is 17.8 Å². The summed E-state index contributed by atoms with van der Waals surface area (Å²) in [5.41, 5.74) is 5.68. The van der Waals surface area contributed by atoms with Gasteiger partial charge in [0, 0.05) is 19.7 Å². The van der Waals surface area contributed by atoms with Gasteiger partial charge in [0.1, 0.15) is 0 Å². The highest BCUT2D eigenvalue weighted by Gasteiger charge is 2.32. The number of amides is 1. The van der Waals surface area contributed by atoms with Gasteiger partial charge >= 0.3 is 0 Å². The van der Waals surface area contributed by atoms with Crippen LogP contribution >= 0.6 is 12.2 Å². The minimum Gasteiger partial charge on any atom is -0.396 e. The van der Waals surface area contributed by atoms with Crippen molar-refractivity contribution < 1.29 is 9.90 Å². The van der Waals surface area contributed by atoms with Crippen molar-refractivity contribution in [3.63, 3.8) is 0 Å². The first kappa shape index (κ1) is 15.4. The third kappa shape index (κ3) is 3.92. The molecule has 5 heteroatoms. The highest BCUT2D eigenvalue weighted by atomic mass is 32.1. The Morgan fingerprint density at radius 2 is 2.22 bits per heavy atom. The minimum atomic E-state index is -0.354. The van der Waals surface area contributed by atoms with Crippen LogP contribution in [-0.2, 0) is 4.79 Å². The summed E-state index contributed by atoms with van der Waals surface area (Å²) in [6.07, 6.45) is 2.85. The fourth-order valence-corrected chi connectivity index (χ4v) is 2.99. The topological polar surface area (TPSA) is 66.6 Å². The van der Waals surface area contributed by atoms with Crippen molar-refractivity contribution in [3.8, 4) is 0 Å². The Balaban J connectivity index is 2.67. The zero-order chi connectivity index (χ0) is 13.7. The van der Waals surface area contributed by atoms with E-state index in [1.807, 2.05) is 18.7 Å². The summed E-state index contributed by atoms with van der Waals surface area (Å²) in [7, 11) is 0. The third-order valence-electron chi connectivity index (χ3n) is 3.61. The largest absolute Gasteiger partial charge is 0.396 e. The zero-order valence-corrected chi connectivity index (χ0v) is 12.1. The van der Waals surface area contributed by atoms with Crippen molar-refractivity contribution in [2.75, 3.05) is 19.7 Å². The summed E-state index contributed by atoms with van der Waals surface area (Å²) in [6.45, 7) is 5.64. The van der Waals surface area contributed by atoms with Crippen LogP contribution < -0.4 is 5.73 Å². The van der Waals surface area contributed by atoms with Gasteiger partial charge in [-0.3, -0.25) is 4.79 Å². The van der Waals surface area contributed by atoms with Crippen LogP contribution in [-0.4, -0.2) is 40.6 Å². The molecule has 4 nitrogen and oxygen atoms in total. The number of nitrogens with two attached hydrogens (primary N) is 1. The predicted molar refractivity (Wildman–Crippen MR) is 76.1 cm³/mol. The molecule has 0 saturated carbocycles. The zero-order valence-electron chi connectivity index (χ0n) is 11.3. The van der Waals surface area contributed by atoms with E-state index in [-0.39, 0.29) is 24.3 Å². The molecule has 0 spiro atoms. The van der Waals surface area contributed by atoms with E-state index in [0.717, 1.165) is 32.4 Å². The van der Waals surface area contributed by atoms with Crippen LogP contribution in [0.25, 0.3) is 0 Å². The monoisotopic (exact) mass is 272 g/mol. The first-order valence-electron chi connectivity index (χ1n) is 6.66. The maximum Gasteiger partial charge on any atom is 0.232 e. The van der Waals surface area contributed by atoms with Crippen LogP contribution in [0.2, 0.25) is 0 Å². The van der Waals surface area contributed by atoms with Crippen molar-refractivity contribution in [1.29, 1.82) is 0 Å². The number of nitrogens with zero attached hydrogens (tertiary/aromatic N) is 1. The predicted octanol–water partition coefficient (Wildman–Crippen LogP) is 1.17. The van der Waals surface area contributed by atoms with E-state index >= 15 is 0 Å². The van der Waals surface area contributed by atoms with Gasteiger partial charge in [-0.15, -0.1) is 0 Å². The fourth-order valence-electron chi connectivity index (χ4n) is 2.62. The van der Waals surface area contributed by atoms with Gasteiger partial charge in [0.2, 0.25) is 5.91 Å². The van der Waals surface area contributed by atoms with E-state index in [2.05, 4.69) is 0 Å². The molecule has 3 N–H and O–H groups in total. The molecule has 1 saturated heterocycles. The van der Waals surface area contributed by atoms with Crippen LogP contribution in [0.3, 0.4) is 0 Å². The lowest BCUT2D eigenvalue weighted by Crippen LogP contribution is -2.47. The quantitative estimate of drug-likeness (QED) is 0.737. The highest BCUT2D eigenvalue weighted by molar-refractivity contribution is 7.80. The van der Waals surface area contributed by atoms with Crippen LogP contribution in [0.1, 0.15) is 33.1 Å². The van der Waals surface area contributed by atoms with E-state index in [0.29, 0.717) is 10.9 Å². The first-order valence-corrected chi connectivity index (χ1v) is 7.07. The molecule has 1 heterocycles. The summed E-state index contributed by atoms with van der Waals surface area (Å²) in [4.78, 5) is 14.6. The number of aliphatic hydroxyl groups is 1. The molecule has 0 bridgehead atoms. The molecular formula is C13H24N2O2S. The van der Waals surface area contributed by atoms with Crippen LogP contribution in [0.5, 0.6) is 0 Å².